The predicted octanol–water partition coefficient (Wildman–Crippen LogP) is 3.78. The maximum Gasteiger partial charge on any atom is 0.272 e. The smallest absolute Gasteiger partial charge is 0.272 e. The van der Waals surface area contributed by atoms with Gasteiger partial charge in [0.2, 0.25) is 5.88 Å². The van der Waals surface area contributed by atoms with Gasteiger partial charge in [0.1, 0.15) is 0 Å². The van der Waals surface area contributed by atoms with Crippen molar-refractivity contribution in [2.75, 3.05) is 11.9 Å². The van der Waals surface area contributed by atoms with Gasteiger partial charge in [-0.05, 0) is 29.7 Å². The quantitative estimate of drug-likeness (QED) is 0.590. The highest BCUT2D eigenvalue weighted by Crippen LogP contribution is 2.19. The van der Waals surface area contributed by atoms with E-state index in [2.05, 4.69) is 29.1 Å². The van der Waals surface area contributed by atoms with Gasteiger partial charge in [0.25, 0.3) is 6.43 Å². The van der Waals surface area contributed by atoms with Gasteiger partial charge in [-0.2, -0.15) is 0 Å². The molecule has 2 aromatic rings. The second kappa shape index (κ2) is 8.96. The Balaban J connectivity index is 2.03. The number of guanidine groups is 1. The van der Waals surface area contributed by atoms with Crippen LogP contribution in [0.3, 0.4) is 0 Å². The molecule has 0 saturated carbocycles. The standard InChI is InChI=1S/C18H22F2N4O/c1-12(2)13-5-3-7-15(9-13)24-18(21)23-10-14-6-4-8-22-17(14)25-11-16(19)20/h3-9,12,16H,10-11H2,1-2H3,(H3,21,23,24). The van der Waals surface area contributed by atoms with Crippen LogP contribution in [0.25, 0.3) is 0 Å². The monoisotopic (exact) mass is 348 g/mol. The maximum absolute atomic E-state index is 12.3. The van der Waals surface area contributed by atoms with Crippen molar-refractivity contribution in [1.82, 2.24) is 4.98 Å². The van der Waals surface area contributed by atoms with Gasteiger partial charge in [-0.1, -0.05) is 32.0 Å². The van der Waals surface area contributed by atoms with Crippen LogP contribution in [-0.4, -0.2) is 24.0 Å². The number of halogens is 2. The normalized spacial score (nSPS) is 11.8. The lowest BCUT2D eigenvalue weighted by Crippen LogP contribution is -2.22. The Labute approximate surface area is 145 Å². The molecule has 0 atom stereocenters. The van der Waals surface area contributed by atoms with Crippen LogP contribution in [0, 0.1) is 0 Å². The first-order valence-electron chi connectivity index (χ1n) is 7.97. The van der Waals surface area contributed by atoms with Crippen LogP contribution in [0.15, 0.2) is 47.6 Å². The van der Waals surface area contributed by atoms with Gasteiger partial charge in [-0.15, -0.1) is 0 Å². The molecule has 0 aliphatic carbocycles. The van der Waals surface area contributed by atoms with Crippen molar-refractivity contribution >= 4 is 11.6 Å². The van der Waals surface area contributed by atoms with Crippen LogP contribution < -0.4 is 15.8 Å². The summed E-state index contributed by atoms with van der Waals surface area (Å²) in [6.07, 6.45) is -1.08. The van der Waals surface area contributed by atoms with E-state index >= 15 is 0 Å². The zero-order chi connectivity index (χ0) is 18.2. The van der Waals surface area contributed by atoms with Crippen molar-refractivity contribution in [2.24, 2.45) is 10.7 Å². The first-order chi connectivity index (χ1) is 12.0. The number of benzene rings is 1. The number of nitrogens with two attached hydrogens (primary N) is 1. The van der Waals surface area contributed by atoms with E-state index in [0.717, 1.165) is 5.69 Å². The van der Waals surface area contributed by atoms with Gasteiger partial charge < -0.3 is 15.8 Å². The first-order valence-corrected chi connectivity index (χ1v) is 7.97. The van der Waals surface area contributed by atoms with E-state index in [9.17, 15) is 8.78 Å². The molecule has 7 heteroatoms. The SMILES string of the molecule is CC(C)c1cccc(NC(N)=NCc2cccnc2OCC(F)F)c1. The Morgan fingerprint density at radius 2 is 2.08 bits per heavy atom. The number of aliphatic imine (C=N–C) groups is 1. The van der Waals surface area contributed by atoms with E-state index < -0.39 is 13.0 Å². The predicted molar refractivity (Wildman–Crippen MR) is 95.2 cm³/mol. The number of anilines is 1. The van der Waals surface area contributed by atoms with Gasteiger partial charge in [0.05, 0.1) is 6.54 Å². The zero-order valence-corrected chi connectivity index (χ0v) is 14.2. The Hall–Kier alpha value is -2.70. The highest BCUT2D eigenvalue weighted by atomic mass is 19.3. The molecule has 1 aromatic carbocycles. The highest BCUT2D eigenvalue weighted by Gasteiger charge is 2.09. The first kappa shape index (κ1) is 18.6. The van der Waals surface area contributed by atoms with Gasteiger partial charge in [0.15, 0.2) is 12.6 Å². The van der Waals surface area contributed by atoms with Crippen molar-refractivity contribution in [1.29, 1.82) is 0 Å². The molecule has 0 aliphatic heterocycles. The van der Waals surface area contributed by atoms with E-state index in [4.69, 9.17) is 10.5 Å². The molecule has 5 nitrogen and oxygen atoms in total. The fourth-order valence-electron chi connectivity index (χ4n) is 2.15. The van der Waals surface area contributed by atoms with Crippen LogP contribution in [0.1, 0.15) is 30.9 Å². The van der Waals surface area contributed by atoms with Crippen molar-refractivity contribution in [3.8, 4) is 5.88 Å². The van der Waals surface area contributed by atoms with Crippen LogP contribution in [0.4, 0.5) is 14.5 Å². The fraction of sp³-hybridized carbons (Fsp3) is 0.333. The molecule has 0 unspecified atom stereocenters. The number of aromatic nitrogens is 1. The fourth-order valence-corrected chi connectivity index (χ4v) is 2.15. The summed E-state index contributed by atoms with van der Waals surface area (Å²) in [7, 11) is 0. The average molecular weight is 348 g/mol. The number of nitrogens with zero attached hydrogens (tertiary/aromatic N) is 2. The van der Waals surface area contributed by atoms with E-state index in [-0.39, 0.29) is 18.4 Å². The van der Waals surface area contributed by atoms with Crippen molar-refractivity contribution in [3.05, 3.63) is 53.7 Å². The molecule has 1 heterocycles. The van der Waals surface area contributed by atoms with E-state index in [1.54, 1.807) is 12.1 Å². The molecule has 0 amide bonds. The van der Waals surface area contributed by atoms with E-state index in [0.29, 0.717) is 11.5 Å². The molecule has 2 rings (SSSR count). The Morgan fingerprint density at radius 3 is 2.80 bits per heavy atom. The molecule has 0 bridgehead atoms. The van der Waals surface area contributed by atoms with Gasteiger partial charge >= 0.3 is 0 Å². The molecule has 0 radical (unpaired) electrons. The summed E-state index contributed by atoms with van der Waals surface area (Å²) in [6, 6.07) is 11.3. The summed E-state index contributed by atoms with van der Waals surface area (Å²) >= 11 is 0. The third-order valence-electron chi connectivity index (χ3n) is 3.44. The minimum Gasteiger partial charge on any atom is -0.471 e. The molecule has 25 heavy (non-hydrogen) atoms. The molecule has 0 fully saturated rings. The molecule has 0 aliphatic rings. The Kier molecular flexibility index (Phi) is 6.68. The maximum atomic E-state index is 12.3. The minimum atomic E-state index is -2.56. The molecule has 0 spiro atoms. The molecule has 0 saturated heterocycles. The van der Waals surface area contributed by atoms with Crippen LogP contribution >= 0.6 is 0 Å². The molecule has 3 N–H and O–H groups in total. The second-order valence-electron chi connectivity index (χ2n) is 5.78. The molecule has 1 aromatic heterocycles. The summed E-state index contributed by atoms with van der Waals surface area (Å²) in [5.74, 6) is 0.774. The highest BCUT2D eigenvalue weighted by molar-refractivity contribution is 5.92. The largest absolute Gasteiger partial charge is 0.471 e. The van der Waals surface area contributed by atoms with Crippen molar-refractivity contribution < 1.29 is 13.5 Å². The van der Waals surface area contributed by atoms with Crippen LogP contribution in [0.2, 0.25) is 0 Å². The molecule has 134 valence electrons. The average Bonchev–Trinajstić information content (AvgIpc) is 2.59. The third kappa shape index (κ3) is 6.02. The number of pyridine rings is 1. The lowest BCUT2D eigenvalue weighted by atomic mass is 10.0. The zero-order valence-electron chi connectivity index (χ0n) is 14.2. The summed E-state index contributed by atoms with van der Waals surface area (Å²) in [4.78, 5) is 8.19. The van der Waals surface area contributed by atoms with Gasteiger partial charge in [0, 0.05) is 17.4 Å². The van der Waals surface area contributed by atoms with E-state index in [1.807, 2.05) is 24.3 Å². The van der Waals surface area contributed by atoms with Crippen LogP contribution in [0.5, 0.6) is 5.88 Å². The number of rotatable bonds is 7. The number of nitrogens with one attached hydrogen (secondary N) is 1. The van der Waals surface area contributed by atoms with Gasteiger partial charge in [-0.25, -0.2) is 18.8 Å². The molecular weight excluding hydrogens is 326 g/mol. The lowest BCUT2D eigenvalue weighted by molar-refractivity contribution is 0.0791. The Bertz CT molecular complexity index is 720. The van der Waals surface area contributed by atoms with Crippen molar-refractivity contribution in [2.45, 2.75) is 32.7 Å². The summed E-state index contributed by atoms with van der Waals surface area (Å²) in [5.41, 5.74) is 8.52. The second-order valence-corrected chi connectivity index (χ2v) is 5.78. The van der Waals surface area contributed by atoms with Crippen molar-refractivity contribution in [3.63, 3.8) is 0 Å². The topological polar surface area (TPSA) is 72.5 Å². The number of alkyl halides is 2. The third-order valence-corrected chi connectivity index (χ3v) is 3.44. The minimum absolute atomic E-state index is 0.140. The summed E-state index contributed by atoms with van der Waals surface area (Å²) in [5, 5.41) is 3.02. The lowest BCUT2D eigenvalue weighted by Gasteiger charge is -2.11. The molecular formula is C18H22F2N4O. The van der Waals surface area contributed by atoms with Crippen LogP contribution in [-0.2, 0) is 6.54 Å². The number of hydrogen-bond acceptors (Lipinski definition) is 3. The summed E-state index contributed by atoms with van der Waals surface area (Å²) in [6.45, 7) is 3.69. The number of hydrogen-bond donors (Lipinski definition) is 2. The van der Waals surface area contributed by atoms with Gasteiger partial charge in [-0.3, -0.25) is 0 Å². The number of ether oxygens (including phenoxy) is 1. The van der Waals surface area contributed by atoms with E-state index in [1.165, 1.54) is 11.8 Å². The summed E-state index contributed by atoms with van der Waals surface area (Å²) < 4.78 is 29.6. The Morgan fingerprint density at radius 1 is 1.28 bits per heavy atom.